The van der Waals surface area contributed by atoms with Crippen LogP contribution in [0.2, 0.25) is 0 Å². The van der Waals surface area contributed by atoms with Crippen molar-refractivity contribution in [1.29, 1.82) is 0 Å². The van der Waals surface area contributed by atoms with Crippen LogP contribution >= 0.6 is 12.6 Å². The summed E-state index contributed by atoms with van der Waals surface area (Å²) in [7, 11) is 0. The number of thiol groups is 1. The molecule has 86 valence electrons. The predicted octanol–water partition coefficient (Wildman–Crippen LogP) is 3.26. The van der Waals surface area contributed by atoms with Gasteiger partial charge in [-0.3, -0.25) is 10.1 Å². The molecule has 2 rings (SSSR count). The number of aromatic hydroxyl groups is 1. The number of nitrogens with zero attached hydrogens (tertiary/aromatic N) is 1. The number of nitro groups is 1. The van der Waals surface area contributed by atoms with Crippen molar-refractivity contribution >= 4 is 18.3 Å². The molecule has 0 spiro atoms. The Balaban J connectivity index is 2.72. The molecule has 1 N–H and O–H groups in total. The molecule has 2 aromatic carbocycles. The van der Waals surface area contributed by atoms with Gasteiger partial charge in [-0.1, -0.05) is 24.3 Å². The maximum atomic E-state index is 11.0. The first kappa shape index (κ1) is 11.5. The number of phenols is 1. The highest BCUT2D eigenvalue weighted by Gasteiger charge is 2.20. The molecule has 0 bridgehead atoms. The second-order valence-electron chi connectivity index (χ2n) is 3.45. The number of hydrogen-bond acceptors (Lipinski definition) is 4. The molecule has 4 nitrogen and oxygen atoms in total. The van der Waals surface area contributed by atoms with Crippen LogP contribution in [0, 0.1) is 10.1 Å². The fourth-order valence-electron chi connectivity index (χ4n) is 1.64. The lowest BCUT2D eigenvalue weighted by atomic mass is 10.0. The van der Waals surface area contributed by atoms with Gasteiger partial charge in [0.2, 0.25) is 0 Å². The Kier molecular flexibility index (Phi) is 3.01. The van der Waals surface area contributed by atoms with Crippen molar-refractivity contribution in [1.82, 2.24) is 0 Å². The van der Waals surface area contributed by atoms with E-state index in [2.05, 4.69) is 12.6 Å². The molecule has 0 atom stereocenters. The van der Waals surface area contributed by atoms with Gasteiger partial charge in [-0.15, -0.1) is 12.6 Å². The molecule has 0 aliphatic heterocycles. The molecule has 2 aromatic rings. The van der Waals surface area contributed by atoms with Crippen molar-refractivity contribution in [3.8, 4) is 16.9 Å². The smallest absolute Gasteiger partial charge is 0.290 e. The van der Waals surface area contributed by atoms with Crippen LogP contribution in [0.3, 0.4) is 0 Å². The van der Waals surface area contributed by atoms with Crippen LogP contribution in [0.5, 0.6) is 5.75 Å². The molecule has 0 aromatic heterocycles. The van der Waals surface area contributed by atoms with E-state index in [1.54, 1.807) is 36.4 Å². The highest BCUT2D eigenvalue weighted by molar-refractivity contribution is 7.80. The van der Waals surface area contributed by atoms with E-state index in [4.69, 9.17) is 0 Å². The fraction of sp³-hybridized carbons (Fsp3) is 0. The molecule has 0 fully saturated rings. The van der Waals surface area contributed by atoms with Gasteiger partial charge in [0.15, 0.2) is 0 Å². The zero-order valence-electron chi connectivity index (χ0n) is 8.70. The van der Waals surface area contributed by atoms with Gasteiger partial charge >= 0.3 is 0 Å². The van der Waals surface area contributed by atoms with Crippen LogP contribution in [0.1, 0.15) is 0 Å². The summed E-state index contributed by atoms with van der Waals surface area (Å²) in [6.07, 6.45) is 0. The van der Waals surface area contributed by atoms with Gasteiger partial charge in [0.1, 0.15) is 5.75 Å². The lowest BCUT2D eigenvalue weighted by Crippen LogP contribution is -1.93. The maximum Gasteiger partial charge on any atom is 0.290 e. The highest BCUT2D eigenvalue weighted by atomic mass is 32.1. The second kappa shape index (κ2) is 4.47. The van der Waals surface area contributed by atoms with Crippen LogP contribution in [0.15, 0.2) is 47.4 Å². The number of benzene rings is 2. The van der Waals surface area contributed by atoms with E-state index >= 15 is 0 Å². The van der Waals surface area contributed by atoms with Crippen LogP contribution in [-0.4, -0.2) is 10.0 Å². The molecular formula is C12H9NO3S. The third kappa shape index (κ3) is 2.09. The van der Waals surface area contributed by atoms with Gasteiger partial charge in [0.25, 0.3) is 5.69 Å². The van der Waals surface area contributed by atoms with E-state index < -0.39 is 4.92 Å². The largest absolute Gasteiger partial charge is 0.507 e. The average Bonchev–Trinajstić information content (AvgIpc) is 2.28. The van der Waals surface area contributed by atoms with E-state index in [0.717, 1.165) is 0 Å². The normalized spacial score (nSPS) is 10.2. The number of hydrogen-bond donors (Lipinski definition) is 2. The summed E-state index contributed by atoms with van der Waals surface area (Å²) in [5.41, 5.74) is 0.688. The number of para-hydroxylation sites is 2. The summed E-state index contributed by atoms with van der Waals surface area (Å²) < 4.78 is 0. The molecule has 5 heteroatoms. The van der Waals surface area contributed by atoms with Gasteiger partial charge in [0, 0.05) is 5.56 Å². The summed E-state index contributed by atoms with van der Waals surface area (Å²) in [4.78, 5) is 10.8. The van der Waals surface area contributed by atoms with Crippen molar-refractivity contribution in [3.05, 3.63) is 52.6 Å². The Morgan fingerprint density at radius 3 is 2.35 bits per heavy atom. The Labute approximate surface area is 103 Å². The van der Waals surface area contributed by atoms with Crippen LogP contribution in [0.25, 0.3) is 11.1 Å². The van der Waals surface area contributed by atoms with Gasteiger partial charge in [-0.2, -0.15) is 0 Å². The van der Waals surface area contributed by atoms with Gasteiger partial charge in [0.05, 0.1) is 15.4 Å². The fourth-order valence-corrected chi connectivity index (χ4v) is 1.93. The summed E-state index contributed by atoms with van der Waals surface area (Å²) in [5, 5.41) is 20.7. The molecule has 17 heavy (non-hydrogen) atoms. The lowest BCUT2D eigenvalue weighted by Gasteiger charge is -2.06. The monoisotopic (exact) mass is 247 g/mol. The van der Waals surface area contributed by atoms with E-state index in [9.17, 15) is 15.2 Å². The lowest BCUT2D eigenvalue weighted by molar-refractivity contribution is -0.387. The average molecular weight is 247 g/mol. The van der Waals surface area contributed by atoms with E-state index in [-0.39, 0.29) is 16.3 Å². The second-order valence-corrected chi connectivity index (χ2v) is 3.93. The molecular weight excluding hydrogens is 238 g/mol. The first-order valence-corrected chi connectivity index (χ1v) is 5.30. The minimum Gasteiger partial charge on any atom is -0.507 e. The standard InChI is InChI=1S/C12H9NO3S/c14-10-6-2-1-4-8(10)9-5-3-7-11(17)12(9)13(15)16/h1-7,14,17H. The molecule has 0 aliphatic rings. The van der Waals surface area contributed by atoms with Crippen molar-refractivity contribution in [2.45, 2.75) is 4.90 Å². The maximum absolute atomic E-state index is 11.0. The van der Waals surface area contributed by atoms with Gasteiger partial charge < -0.3 is 5.11 Å². The van der Waals surface area contributed by atoms with Crippen molar-refractivity contribution in [2.75, 3.05) is 0 Å². The Hall–Kier alpha value is -2.01. The van der Waals surface area contributed by atoms with Crippen molar-refractivity contribution < 1.29 is 10.0 Å². The number of nitro benzene ring substituents is 1. The van der Waals surface area contributed by atoms with Crippen molar-refractivity contribution in [2.24, 2.45) is 0 Å². The summed E-state index contributed by atoms with van der Waals surface area (Å²) >= 11 is 4.07. The third-order valence-corrected chi connectivity index (χ3v) is 2.75. The minimum atomic E-state index is -0.496. The molecule has 0 radical (unpaired) electrons. The number of phenolic OH excluding ortho intramolecular Hbond substituents is 1. The Bertz CT molecular complexity index is 584. The van der Waals surface area contributed by atoms with Crippen molar-refractivity contribution in [3.63, 3.8) is 0 Å². The Morgan fingerprint density at radius 1 is 1.06 bits per heavy atom. The van der Waals surface area contributed by atoms with Crippen LogP contribution < -0.4 is 0 Å². The van der Waals surface area contributed by atoms with Gasteiger partial charge in [-0.25, -0.2) is 0 Å². The summed E-state index contributed by atoms with van der Waals surface area (Å²) in [6.45, 7) is 0. The van der Waals surface area contributed by atoms with E-state index in [1.165, 1.54) is 6.07 Å². The predicted molar refractivity (Wildman–Crippen MR) is 67.4 cm³/mol. The summed E-state index contributed by atoms with van der Waals surface area (Å²) in [5.74, 6) is 0.00883. The van der Waals surface area contributed by atoms with Gasteiger partial charge in [-0.05, 0) is 18.2 Å². The zero-order valence-corrected chi connectivity index (χ0v) is 9.59. The first-order chi connectivity index (χ1) is 8.11. The molecule has 0 saturated carbocycles. The topological polar surface area (TPSA) is 63.4 Å². The molecule has 0 amide bonds. The van der Waals surface area contributed by atoms with E-state index in [1.807, 2.05) is 0 Å². The SMILES string of the molecule is O=[N+]([O-])c1c(S)cccc1-c1ccccc1O. The molecule has 0 saturated heterocycles. The Morgan fingerprint density at radius 2 is 1.71 bits per heavy atom. The summed E-state index contributed by atoms with van der Waals surface area (Å²) in [6, 6.07) is 11.3. The van der Waals surface area contributed by atoms with Crippen LogP contribution in [0.4, 0.5) is 5.69 Å². The quantitative estimate of drug-likeness (QED) is 0.486. The van der Waals surface area contributed by atoms with Crippen LogP contribution in [-0.2, 0) is 0 Å². The minimum absolute atomic E-state index is 0.00883. The number of rotatable bonds is 2. The molecule has 0 heterocycles. The molecule has 0 aliphatic carbocycles. The zero-order chi connectivity index (χ0) is 12.4. The first-order valence-electron chi connectivity index (χ1n) is 4.86. The van der Waals surface area contributed by atoms with E-state index in [0.29, 0.717) is 11.1 Å². The third-order valence-electron chi connectivity index (χ3n) is 2.39. The highest BCUT2D eigenvalue weighted by Crippen LogP contribution is 2.38. The molecule has 0 unspecified atom stereocenters.